The van der Waals surface area contributed by atoms with E-state index in [9.17, 15) is 9.59 Å². The van der Waals surface area contributed by atoms with Gasteiger partial charge in [0.05, 0.1) is 17.3 Å². The molecule has 1 aliphatic rings. The molecule has 1 fully saturated rings. The van der Waals surface area contributed by atoms with Crippen LogP contribution in [0, 0.1) is 12.8 Å². The van der Waals surface area contributed by atoms with E-state index in [0.717, 1.165) is 10.0 Å². The third-order valence-electron chi connectivity index (χ3n) is 3.09. The van der Waals surface area contributed by atoms with Gasteiger partial charge in [0, 0.05) is 17.4 Å². The van der Waals surface area contributed by atoms with Gasteiger partial charge in [-0.2, -0.15) is 0 Å². The second-order valence-electron chi connectivity index (χ2n) is 4.47. The van der Waals surface area contributed by atoms with Gasteiger partial charge in [0.25, 0.3) is 0 Å². The van der Waals surface area contributed by atoms with Gasteiger partial charge in [0.15, 0.2) is 0 Å². The monoisotopic (exact) mass is 311 g/mol. The summed E-state index contributed by atoms with van der Waals surface area (Å²) in [5.41, 5.74) is 13.3. The zero-order valence-corrected chi connectivity index (χ0v) is 11.5. The predicted octanol–water partition coefficient (Wildman–Crippen LogP) is 1.18. The lowest BCUT2D eigenvalue weighted by molar-refractivity contribution is -0.123. The fourth-order valence-corrected chi connectivity index (χ4v) is 2.83. The van der Waals surface area contributed by atoms with Crippen LogP contribution < -0.4 is 16.4 Å². The molecule has 1 aromatic carbocycles. The second kappa shape index (κ2) is 4.61. The molecule has 18 heavy (non-hydrogen) atoms. The molecule has 4 N–H and O–H groups in total. The highest BCUT2D eigenvalue weighted by molar-refractivity contribution is 9.10. The topological polar surface area (TPSA) is 89.4 Å². The molecule has 1 heterocycles. The van der Waals surface area contributed by atoms with Crippen molar-refractivity contribution in [2.45, 2.75) is 13.3 Å². The quantitative estimate of drug-likeness (QED) is 0.804. The van der Waals surface area contributed by atoms with Crippen molar-refractivity contribution in [3.8, 4) is 0 Å². The largest absolute Gasteiger partial charge is 0.397 e. The van der Waals surface area contributed by atoms with Crippen LogP contribution in [-0.2, 0) is 9.59 Å². The Morgan fingerprint density at radius 2 is 2.17 bits per heavy atom. The molecular formula is C12H14BrN3O2. The number of carbonyl (C=O) groups is 2. The molecule has 1 saturated heterocycles. The Hall–Kier alpha value is -1.56. The first-order chi connectivity index (χ1) is 8.40. The van der Waals surface area contributed by atoms with Gasteiger partial charge in [-0.15, -0.1) is 0 Å². The lowest BCUT2D eigenvalue weighted by Crippen LogP contribution is -2.29. The summed E-state index contributed by atoms with van der Waals surface area (Å²) in [6.45, 7) is 2.18. The number of rotatable bonds is 2. The highest BCUT2D eigenvalue weighted by Gasteiger charge is 2.35. The second-order valence-corrected chi connectivity index (χ2v) is 5.38. The maximum Gasteiger partial charge on any atom is 0.227 e. The first-order valence-corrected chi connectivity index (χ1v) is 6.34. The summed E-state index contributed by atoms with van der Waals surface area (Å²) >= 11 is 3.35. The molecule has 2 amide bonds. The number of halogens is 1. The Kier molecular flexibility index (Phi) is 3.30. The number of aryl methyl sites for hydroxylation is 1. The van der Waals surface area contributed by atoms with Crippen molar-refractivity contribution in [2.75, 3.05) is 17.2 Å². The Bertz CT molecular complexity index is 507. The fourth-order valence-electron chi connectivity index (χ4n) is 2.24. The van der Waals surface area contributed by atoms with Crippen molar-refractivity contribution in [1.82, 2.24) is 0 Å². The van der Waals surface area contributed by atoms with Gasteiger partial charge in [-0.1, -0.05) is 15.9 Å². The Morgan fingerprint density at radius 1 is 1.50 bits per heavy atom. The van der Waals surface area contributed by atoms with E-state index >= 15 is 0 Å². The molecule has 0 radical (unpaired) electrons. The normalized spacial score (nSPS) is 19.3. The van der Waals surface area contributed by atoms with Crippen LogP contribution >= 0.6 is 15.9 Å². The van der Waals surface area contributed by atoms with E-state index in [1.165, 1.54) is 0 Å². The third kappa shape index (κ3) is 2.20. The van der Waals surface area contributed by atoms with Gasteiger partial charge in [0.2, 0.25) is 11.8 Å². The molecule has 6 heteroatoms. The number of carbonyl (C=O) groups excluding carboxylic acids is 2. The SMILES string of the molecule is Cc1cc(Br)cc(N)c1N1CC(C(N)=O)CC1=O. The number of anilines is 2. The smallest absolute Gasteiger partial charge is 0.227 e. The zero-order chi connectivity index (χ0) is 13.4. The summed E-state index contributed by atoms with van der Waals surface area (Å²) in [6, 6.07) is 3.63. The maximum atomic E-state index is 11.9. The molecule has 0 aromatic heterocycles. The van der Waals surface area contributed by atoms with Crippen LogP contribution in [0.1, 0.15) is 12.0 Å². The van der Waals surface area contributed by atoms with Gasteiger partial charge >= 0.3 is 0 Å². The summed E-state index contributed by atoms with van der Waals surface area (Å²) in [5.74, 6) is -0.991. The third-order valence-corrected chi connectivity index (χ3v) is 3.55. The van der Waals surface area contributed by atoms with E-state index in [4.69, 9.17) is 11.5 Å². The molecule has 96 valence electrons. The molecule has 1 aliphatic heterocycles. The van der Waals surface area contributed by atoms with Gasteiger partial charge in [-0.25, -0.2) is 0 Å². The average molecular weight is 312 g/mol. The van der Waals surface area contributed by atoms with E-state index in [1.807, 2.05) is 13.0 Å². The van der Waals surface area contributed by atoms with Crippen LogP contribution in [-0.4, -0.2) is 18.4 Å². The Labute approximate surface area is 113 Å². The van der Waals surface area contributed by atoms with E-state index in [2.05, 4.69) is 15.9 Å². The van der Waals surface area contributed by atoms with Crippen LogP contribution in [0.2, 0.25) is 0 Å². The predicted molar refractivity (Wildman–Crippen MR) is 72.9 cm³/mol. The first-order valence-electron chi connectivity index (χ1n) is 5.55. The summed E-state index contributed by atoms with van der Waals surface area (Å²) in [7, 11) is 0. The number of nitrogens with two attached hydrogens (primary N) is 2. The van der Waals surface area contributed by atoms with Gasteiger partial charge in [-0.3, -0.25) is 9.59 Å². The average Bonchev–Trinajstić information content (AvgIpc) is 2.59. The van der Waals surface area contributed by atoms with Crippen molar-refractivity contribution in [3.63, 3.8) is 0 Å². The molecule has 1 unspecified atom stereocenters. The highest BCUT2D eigenvalue weighted by atomic mass is 79.9. The Balaban J connectivity index is 2.39. The van der Waals surface area contributed by atoms with Crippen LogP contribution in [0.15, 0.2) is 16.6 Å². The number of primary amides is 1. The minimum atomic E-state index is -0.445. The molecule has 0 aliphatic carbocycles. The van der Waals surface area contributed by atoms with E-state index in [0.29, 0.717) is 17.9 Å². The lowest BCUT2D eigenvalue weighted by Gasteiger charge is -2.21. The van der Waals surface area contributed by atoms with Crippen molar-refractivity contribution in [1.29, 1.82) is 0 Å². The molecule has 1 atom stereocenters. The highest BCUT2D eigenvalue weighted by Crippen LogP contribution is 2.34. The number of hydrogen-bond donors (Lipinski definition) is 2. The van der Waals surface area contributed by atoms with E-state index < -0.39 is 11.8 Å². The number of hydrogen-bond acceptors (Lipinski definition) is 3. The van der Waals surface area contributed by atoms with Gasteiger partial charge in [-0.05, 0) is 24.6 Å². The molecule has 0 bridgehead atoms. The fraction of sp³-hybridized carbons (Fsp3) is 0.333. The maximum absolute atomic E-state index is 11.9. The van der Waals surface area contributed by atoms with Crippen LogP contribution in [0.3, 0.4) is 0 Å². The standard InChI is InChI=1S/C12H14BrN3O2/c1-6-2-8(13)4-9(14)11(6)16-5-7(12(15)18)3-10(16)17/h2,4,7H,3,5,14H2,1H3,(H2,15,18). The van der Waals surface area contributed by atoms with E-state index in [1.54, 1.807) is 11.0 Å². The van der Waals surface area contributed by atoms with Crippen molar-refractivity contribution < 1.29 is 9.59 Å². The first kappa shape index (κ1) is 12.9. The van der Waals surface area contributed by atoms with Crippen molar-refractivity contribution in [3.05, 3.63) is 22.2 Å². The molecule has 0 spiro atoms. The number of amides is 2. The lowest BCUT2D eigenvalue weighted by atomic mass is 10.1. The number of nitrogen functional groups attached to an aromatic ring is 1. The summed E-state index contributed by atoms with van der Waals surface area (Å²) < 4.78 is 0.861. The zero-order valence-electron chi connectivity index (χ0n) is 9.94. The summed E-state index contributed by atoms with van der Waals surface area (Å²) in [5, 5.41) is 0. The van der Waals surface area contributed by atoms with Gasteiger partial charge in [0.1, 0.15) is 0 Å². The number of benzene rings is 1. The molecule has 0 saturated carbocycles. The molecule has 2 rings (SSSR count). The summed E-state index contributed by atoms with van der Waals surface area (Å²) in [6.07, 6.45) is 0.157. The number of nitrogens with zero attached hydrogens (tertiary/aromatic N) is 1. The molecule has 1 aromatic rings. The minimum absolute atomic E-state index is 0.115. The molecule has 5 nitrogen and oxygen atoms in total. The summed E-state index contributed by atoms with van der Waals surface area (Å²) in [4.78, 5) is 24.6. The van der Waals surface area contributed by atoms with E-state index in [-0.39, 0.29) is 12.3 Å². The van der Waals surface area contributed by atoms with Crippen LogP contribution in [0.4, 0.5) is 11.4 Å². The minimum Gasteiger partial charge on any atom is -0.397 e. The molecular weight excluding hydrogens is 298 g/mol. The van der Waals surface area contributed by atoms with Crippen LogP contribution in [0.5, 0.6) is 0 Å². The van der Waals surface area contributed by atoms with Gasteiger partial charge < -0.3 is 16.4 Å². The van der Waals surface area contributed by atoms with Crippen molar-refractivity contribution in [2.24, 2.45) is 11.7 Å². The Morgan fingerprint density at radius 3 is 2.67 bits per heavy atom. The van der Waals surface area contributed by atoms with Crippen LogP contribution in [0.25, 0.3) is 0 Å². The van der Waals surface area contributed by atoms with Crippen molar-refractivity contribution >= 4 is 39.1 Å².